The molecule has 2 heterocycles. The molecule has 0 N–H and O–H groups in total. The number of aryl methyl sites for hydroxylation is 1. The van der Waals surface area contributed by atoms with Crippen LogP contribution in [-0.4, -0.2) is 16.7 Å². The topological polar surface area (TPSA) is 27.1 Å². The fraction of sp³-hybridized carbons (Fsp3) is 0.118. The summed E-state index contributed by atoms with van der Waals surface area (Å²) in [6.45, 7) is 0. The van der Waals surface area contributed by atoms with Gasteiger partial charge in [-0.1, -0.05) is 18.2 Å². The van der Waals surface area contributed by atoms with E-state index in [2.05, 4.69) is 53.0 Å². The van der Waals surface area contributed by atoms with Gasteiger partial charge in [0.05, 0.1) is 19.1 Å². The first-order chi connectivity index (χ1) is 9.79. The number of hydrogen-bond donors (Lipinski definition) is 0. The summed E-state index contributed by atoms with van der Waals surface area (Å²) in [5, 5.41) is 1.24. The Kier molecular flexibility index (Phi) is 3.25. The van der Waals surface area contributed by atoms with E-state index in [1.807, 2.05) is 18.5 Å². The highest BCUT2D eigenvalue weighted by Gasteiger charge is 2.07. The third-order valence-electron chi connectivity index (χ3n) is 3.40. The Labute approximate surface area is 118 Å². The van der Waals surface area contributed by atoms with Gasteiger partial charge in [0, 0.05) is 35.9 Å². The van der Waals surface area contributed by atoms with Crippen molar-refractivity contribution in [1.82, 2.24) is 9.55 Å². The first-order valence-electron chi connectivity index (χ1n) is 6.49. The fourth-order valence-electron chi connectivity index (χ4n) is 2.40. The van der Waals surface area contributed by atoms with E-state index in [9.17, 15) is 0 Å². The van der Waals surface area contributed by atoms with Crippen LogP contribution in [0.1, 0.15) is 5.56 Å². The Bertz CT molecular complexity index is 772. The van der Waals surface area contributed by atoms with Crippen LogP contribution in [0.2, 0.25) is 0 Å². The van der Waals surface area contributed by atoms with Gasteiger partial charge in [-0.25, -0.2) is 0 Å². The van der Waals surface area contributed by atoms with Gasteiger partial charge in [-0.2, -0.15) is 0 Å². The van der Waals surface area contributed by atoms with E-state index in [0.717, 1.165) is 16.8 Å². The van der Waals surface area contributed by atoms with Crippen LogP contribution in [0.5, 0.6) is 0 Å². The average molecular weight is 264 g/mol. The molecule has 0 aliphatic heterocycles. The number of nitrogens with zero attached hydrogens (tertiary/aromatic N) is 2. The van der Waals surface area contributed by atoms with Gasteiger partial charge in [-0.3, -0.25) is 4.98 Å². The molecule has 1 aromatic carbocycles. The van der Waals surface area contributed by atoms with Crippen molar-refractivity contribution in [2.24, 2.45) is 7.05 Å². The summed E-state index contributed by atoms with van der Waals surface area (Å²) in [4.78, 5) is 4.31. The smallest absolute Gasteiger partial charge is 0.0831 e. The summed E-state index contributed by atoms with van der Waals surface area (Å²) in [6.07, 6.45) is 7.27. The Balaban J connectivity index is 2.11. The minimum absolute atomic E-state index is 1.02. The van der Waals surface area contributed by atoms with Crippen molar-refractivity contribution in [3.8, 4) is 11.3 Å². The zero-order valence-electron chi connectivity index (χ0n) is 11.6. The summed E-state index contributed by atoms with van der Waals surface area (Å²) in [6, 6.07) is 12.7. The van der Waals surface area contributed by atoms with Gasteiger partial charge < -0.3 is 9.30 Å². The summed E-state index contributed by atoms with van der Waals surface area (Å²) in [7, 11) is 3.72. The second kappa shape index (κ2) is 5.21. The van der Waals surface area contributed by atoms with Crippen molar-refractivity contribution >= 4 is 17.0 Å². The highest BCUT2D eigenvalue weighted by Crippen LogP contribution is 2.27. The molecule has 0 spiro atoms. The number of para-hydroxylation sites is 1. The van der Waals surface area contributed by atoms with Gasteiger partial charge in [0.15, 0.2) is 0 Å². The van der Waals surface area contributed by atoms with Crippen LogP contribution in [0.4, 0.5) is 0 Å². The van der Waals surface area contributed by atoms with Crippen molar-refractivity contribution in [2.75, 3.05) is 7.11 Å². The van der Waals surface area contributed by atoms with Crippen molar-refractivity contribution in [2.45, 2.75) is 0 Å². The maximum absolute atomic E-state index is 4.95. The Hall–Kier alpha value is -2.55. The number of ether oxygens (including phenoxy) is 1. The van der Waals surface area contributed by atoms with Gasteiger partial charge in [0.2, 0.25) is 0 Å². The Morgan fingerprint density at radius 3 is 2.80 bits per heavy atom. The molecule has 0 radical (unpaired) electrons. The molecule has 0 saturated carbocycles. The van der Waals surface area contributed by atoms with Crippen molar-refractivity contribution in [3.05, 3.63) is 60.6 Å². The predicted octanol–water partition coefficient (Wildman–Crippen LogP) is 3.86. The van der Waals surface area contributed by atoms with Crippen LogP contribution in [-0.2, 0) is 11.8 Å². The third kappa shape index (κ3) is 2.18. The fourth-order valence-corrected chi connectivity index (χ4v) is 2.40. The summed E-state index contributed by atoms with van der Waals surface area (Å²) in [5.41, 5.74) is 4.50. The lowest BCUT2D eigenvalue weighted by Crippen LogP contribution is -1.92. The predicted molar refractivity (Wildman–Crippen MR) is 82.2 cm³/mol. The summed E-state index contributed by atoms with van der Waals surface area (Å²) >= 11 is 0. The molecule has 20 heavy (non-hydrogen) atoms. The van der Waals surface area contributed by atoms with Crippen LogP contribution < -0.4 is 0 Å². The number of fused-ring (bicyclic) bond motifs is 1. The van der Waals surface area contributed by atoms with Gasteiger partial charge in [0.1, 0.15) is 0 Å². The largest absolute Gasteiger partial charge is 0.504 e. The minimum Gasteiger partial charge on any atom is -0.504 e. The lowest BCUT2D eigenvalue weighted by Gasteiger charge is -2.05. The molecule has 0 fully saturated rings. The SMILES string of the molecule is CO/C=C/c1cncc(-c2cc3ccccc3n2C)c1. The molecule has 3 rings (SSSR count). The van der Waals surface area contributed by atoms with Crippen LogP contribution in [0.3, 0.4) is 0 Å². The number of rotatable bonds is 3. The highest BCUT2D eigenvalue weighted by atomic mass is 16.5. The molecule has 0 aliphatic carbocycles. The Morgan fingerprint density at radius 2 is 2.00 bits per heavy atom. The molecule has 0 unspecified atom stereocenters. The number of benzene rings is 1. The van der Waals surface area contributed by atoms with Crippen molar-refractivity contribution in [1.29, 1.82) is 0 Å². The van der Waals surface area contributed by atoms with E-state index < -0.39 is 0 Å². The maximum Gasteiger partial charge on any atom is 0.0831 e. The van der Waals surface area contributed by atoms with E-state index in [0.29, 0.717) is 0 Å². The maximum atomic E-state index is 4.95. The van der Waals surface area contributed by atoms with Crippen molar-refractivity contribution in [3.63, 3.8) is 0 Å². The number of hydrogen-bond acceptors (Lipinski definition) is 2. The lowest BCUT2D eigenvalue weighted by molar-refractivity contribution is 0.341. The van der Waals surface area contributed by atoms with Gasteiger partial charge in [0.25, 0.3) is 0 Å². The standard InChI is InChI=1S/C17H16N2O/c1-19-16-6-4-3-5-14(16)10-17(19)15-9-13(7-8-20-2)11-18-12-15/h3-12H,1-2H3/b8-7+. The molecule has 2 aromatic heterocycles. The second-order valence-corrected chi connectivity index (χ2v) is 4.69. The minimum atomic E-state index is 1.02. The van der Waals surface area contributed by atoms with Crippen LogP contribution in [0, 0.1) is 0 Å². The van der Waals surface area contributed by atoms with E-state index >= 15 is 0 Å². The van der Waals surface area contributed by atoms with Gasteiger partial charge >= 0.3 is 0 Å². The van der Waals surface area contributed by atoms with Crippen LogP contribution >= 0.6 is 0 Å². The molecule has 0 atom stereocenters. The highest BCUT2D eigenvalue weighted by molar-refractivity contribution is 5.87. The zero-order chi connectivity index (χ0) is 13.9. The quantitative estimate of drug-likeness (QED) is 0.672. The molecular weight excluding hydrogens is 248 g/mol. The van der Waals surface area contributed by atoms with Crippen molar-refractivity contribution < 1.29 is 4.74 Å². The van der Waals surface area contributed by atoms with E-state index in [1.54, 1.807) is 13.4 Å². The van der Waals surface area contributed by atoms with E-state index in [1.165, 1.54) is 10.9 Å². The number of aromatic nitrogens is 2. The van der Waals surface area contributed by atoms with E-state index in [4.69, 9.17) is 4.74 Å². The molecule has 100 valence electrons. The molecule has 0 saturated heterocycles. The molecule has 0 amide bonds. The average Bonchev–Trinajstić information content (AvgIpc) is 2.83. The van der Waals surface area contributed by atoms with E-state index in [-0.39, 0.29) is 0 Å². The first-order valence-corrected chi connectivity index (χ1v) is 6.49. The monoisotopic (exact) mass is 264 g/mol. The summed E-state index contributed by atoms with van der Waals surface area (Å²) in [5.74, 6) is 0. The third-order valence-corrected chi connectivity index (χ3v) is 3.40. The molecule has 3 aromatic rings. The molecule has 0 bridgehead atoms. The summed E-state index contributed by atoms with van der Waals surface area (Å²) < 4.78 is 7.14. The normalized spacial score (nSPS) is 11.3. The lowest BCUT2D eigenvalue weighted by atomic mass is 10.1. The van der Waals surface area contributed by atoms with Crippen LogP contribution in [0.25, 0.3) is 28.2 Å². The Morgan fingerprint density at radius 1 is 1.15 bits per heavy atom. The van der Waals surface area contributed by atoms with Gasteiger partial charge in [-0.15, -0.1) is 0 Å². The zero-order valence-corrected chi connectivity index (χ0v) is 11.6. The number of pyridine rings is 1. The molecule has 0 aliphatic rings. The molecule has 3 heteroatoms. The van der Waals surface area contributed by atoms with Crippen LogP contribution in [0.15, 0.2) is 55.1 Å². The van der Waals surface area contributed by atoms with Gasteiger partial charge in [-0.05, 0) is 29.8 Å². The second-order valence-electron chi connectivity index (χ2n) is 4.69. The first kappa shape index (κ1) is 12.5. The molecule has 3 nitrogen and oxygen atoms in total. The molecular formula is C17H16N2O. The number of methoxy groups -OCH3 is 1.